The molecule has 0 aromatic heterocycles. The molecule has 0 amide bonds. The van der Waals surface area contributed by atoms with Crippen molar-refractivity contribution >= 4 is 38.4 Å². The average molecular weight is 396 g/mol. The largest absolute Gasteiger partial charge is 0.316 e. The fourth-order valence-corrected chi connectivity index (χ4v) is 5.06. The molecule has 0 aliphatic carbocycles. The zero-order valence-corrected chi connectivity index (χ0v) is 15.2. The number of nitrogens with one attached hydrogen (secondary N) is 1. The van der Waals surface area contributed by atoms with Gasteiger partial charge in [0.25, 0.3) is 0 Å². The van der Waals surface area contributed by atoms with Crippen LogP contribution < -0.4 is 5.32 Å². The summed E-state index contributed by atoms with van der Waals surface area (Å²) in [5.74, 6) is 0. The summed E-state index contributed by atoms with van der Waals surface area (Å²) in [6.45, 7) is 5.15. The summed E-state index contributed by atoms with van der Waals surface area (Å²) < 4.78 is 28.1. The lowest BCUT2D eigenvalue weighted by molar-refractivity contribution is 0.338. The van der Waals surface area contributed by atoms with Crippen molar-refractivity contribution < 1.29 is 8.42 Å². The molecule has 0 saturated carbocycles. The third-order valence-corrected chi connectivity index (χ3v) is 7.23. The van der Waals surface area contributed by atoms with Crippen LogP contribution in [0.2, 0.25) is 0 Å². The summed E-state index contributed by atoms with van der Waals surface area (Å²) in [7, 11) is -3.36. The van der Waals surface area contributed by atoms with E-state index in [9.17, 15) is 8.42 Å². The van der Waals surface area contributed by atoms with Crippen LogP contribution in [-0.2, 0) is 10.0 Å². The maximum atomic E-state index is 12.7. The molecule has 3 rings (SSSR count). The molecule has 1 atom stereocenters. The van der Waals surface area contributed by atoms with Crippen LogP contribution in [0.15, 0.2) is 27.6 Å². The van der Waals surface area contributed by atoms with E-state index in [0.717, 1.165) is 36.0 Å². The van der Waals surface area contributed by atoms with Crippen LogP contribution in [-0.4, -0.2) is 38.9 Å². The van der Waals surface area contributed by atoms with Crippen molar-refractivity contribution in [3.63, 3.8) is 0 Å². The maximum Gasteiger partial charge on any atom is 0.243 e. The van der Waals surface area contributed by atoms with E-state index in [-0.39, 0.29) is 17.8 Å². The molecule has 21 heavy (non-hydrogen) atoms. The Morgan fingerprint density at radius 3 is 2.71 bits per heavy atom. The lowest BCUT2D eigenvalue weighted by Crippen LogP contribution is -2.33. The van der Waals surface area contributed by atoms with Crippen molar-refractivity contribution in [3.8, 4) is 0 Å². The first-order valence-electron chi connectivity index (χ1n) is 6.90. The van der Waals surface area contributed by atoms with E-state index in [2.05, 4.69) is 21.2 Å². The number of halogens is 2. The zero-order chi connectivity index (χ0) is 14.4. The van der Waals surface area contributed by atoms with Crippen molar-refractivity contribution in [2.75, 3.05) is 26.2 Å². The molecule has 1 unspecified atom stereocenters. The molecular formula is C14H20BrClN2O2S. The lowest BCUT2D eigenvalue weighted by atomic mass is 9.87. The van der Waals surface area contributed by atoms with Gasteiger partial charge in [-0.3, -0.25) is 0 Å². The van der Waals surface area contributed by atoms with Gasteiger partial charge in [-0.25, -0.2) is 8.42 Å². The molecule has 1 spiro atoms. The van der Waals surface area contributed by atoms with Gasteiger partial charge >= 0.3 is 0 Å². The molecule has 2 aliphatic heterocycles. The third kappa shape index (κ3) is 3.15. The van der Waals surface area contributed by atoms with Crippen LogP contribution in [0.3, 0.4) is 0 Å². The number of hydrogen-bond acceptors (Lipinski definition) is 3. The Morgan fingerprint density at radius 2 is 2.10 bits per heavy atom. The van der Waals surface area contributed by atoms with Gasteiger partial charge in [0, 0.05) is 24.1 Å². The highest BCUT2D eigenvalue weighted by atomic mass is 79.9. The van der Waals surface area contributed by atoms with Crippen molar-refractivity contribution in [1.82, 2.24) is 9.62 Å². The number of nitrogens with zero attached hydrogens (tertiary/aromatic N) is 1. The molecule has 118 valence electrons. The standard InChI is InChI=1S/C14H19BrN2O2S.ClH/c1-11-8-12(2-3-13(11)15)20(18,19)17-7-5-14(10-17)4-6-16-9-14;/h2-3,8,16H,4-7,9-10H2,1H3;1H. The Labute approximate surface area is 140 Å². The molecule has 2 heterocycles. The minimum atomic E-state index is -3.36. The normalized spacial score (nSPS) is 26.2. The van der Waals surface area contributed by atoms with Crippen molar-refractivity contribution in [3.05, 3.63) is 28.2 Å². The van der Waals surface area contributed by atoms with Crippen LogP contribution in [0.5, 0.6) is 0 Å². The van der Waals surface area contributed by atoms with Gasteiger partial charge in [-0.1, -0.05) is 15.9 Å². The van der Waals surface area contributed by atoms with Crippen LogP contribution in [0, 0.1) is 12.3 Å². The molecule has 1 N–H and O–H groups in total. The predicted molar refractivity (Wildman–Crippen MR) is 89.4 cm³/mol. The summed E-state index contributed by atoms with van der Waals surface area (Å²) in [5.41, 5.74) is 1.11. The SMILES string of the molecule is Cc1cc(S(=O)(=O)N2CCC3(CCNC3)C2)ccc1Br.Cl. The van der Waals surface area contributed by atoms with Crippen molar-refractivity contribution in [2.45, 2.75) is 24.7 Å². The first-order valence-corrected chi connectivity index (χ1v) is 9.13. The molecule has 2 fully saturated rings. The smallest absolute Gasteiger partial charge is 0.243 e. The Bertz CT molecular complexity index is 630. The summed E-state index contributed by atoms with van der Waals surface area (Å²) in [6.07, 6.45) is 2.05. The van der Waals surface area contributed by atoms with E-state index < -0.39 is 10.0 Å². The molecular weight excluding hydrogens is 376 g/mol. The van der Waals surface area contributed by atoms with Crippen molar-refractivity contribution in [2.24, 2.45) is 5.41 Å². The third-order valence-electron chi connectivity index (χ3n) is 4.50. The van der Waals surface area contributed by atoms with Crippen LogP contribution in [0.4, 0.5) is 0 Å². The Morgan fingerprint density at radius 1 is 1.33 bits per heavy atom. The van der Waals surface area contributed by atoms with Crippen molar-refractivity contribution in [1.29, 1.82) is 0 Å². The number of rotatable bonds is 2. The van der Waals surface area contributed by atoms with Gasteiger partial charge in [-0.15, -0.1) is 12.4 Å². The van der Waals surface area contributed by atoms with Crippen LogP contribution in [0.1, 0.15) is 18.4 Å². The first-order chi connectivity index (χ1) is 9.43. The minimum absolute atomic E-state index is 0. The molecule has 2 saturated heterocycles. The second-order valence-corrected chi connectivity index (χ2v) is 8.72. The van der Waals surface area contributed by atoms with E-state index in [1.165, 1.54) is 0 Å². The topological polar surface area (TPSA) is 49.4 Å². The van der Waals surface area contributed by atoms with Gasteiger partial charge in [-0.2, -0.15) is 4.31 Å². The predicted octanol–water partition coefficient (Wildman–Crippen LogP) is 2.55. The number of benzene rings is 1. The zero-order valence-electron chi connectivity index (χ0n) is 11.9. The fourth-order valence-electron chi connectivity index (χ4n) is 3.17. The first kappa shape index (κ1) is 17.2. The van der Waals surface area contributed by atoms with Crippen LogP contribution in [0.25, 0.3) is 0 Å². The molecule has 1 aromatic rings. The molecule has 0 bridgehead atoms. The van der Waals surface area contributed by atoms with E-state index in [1.54, 1.807) is 16.4 Å². The molecule has 0 radical (unpaired) electrons. The molecule has 7 heteroatoms. The van der Waals surface area contributed by atoms with Gasteiger partial charge in [0.2, 0.25) is 10.0 Å². The van der Waals surface area contributed by atoms with E-state index in [4.69, 9.17) is 0 Å². The second-order valence-electron chi connectivity index (χ2n) is 5.93. The molecule has 1 aromatic carbocycles. The number of sulfonamides is 1. The second kappa shape index (κ2) is 6.16. The number of aryl methyl sites for hydroxylation is 1. The Balaban J connectivity index is 0.00000161. The highest BCUT2D eigenvalue weighted by molar-refractivity contribution is 9.10. The Hall–Kier alpha value is -0.140. The van der Waals surface area contributed by atoms with E-state index in [1.807, 2.05) is 13.0 Å². The van der Waals surface area contributed by atoms with Gasteiger partial charge < -0.3 is 5.32 Å². The van der Waals surface area contributed by atoms with Crippen LogP contribution >= 0.6 is 28.3 Å². The fraction of sp³-hybridized carbons (Fsp3) is 0.571. The Kier molecular flexibility index (Phi) is 5.05. The average Bonchev–Trinajstić information content (AvgIpc) is 3.04. The quantitative estimate of drug-likeness (QED) is 0.837. The van der Waals surface area contributed by atoms with E-state index in [0.29, 0.717) is 18.0 Å². The van der Waals surface area contributed by atoms with Gasteiger partial charge in [-0.05, 0) is 55.5 Å². The lowest BCUT2D eigenvalue weighted by Gasteiger charge is -2.22. The van der Waals surface area contributed by atoms with Gasteiger partial charge in [0.15, 0.2) is 0 Å². The molecule has 2 aliphatic rings. The van der Waals surface area contributed by atoms with Gasteiger partial charge in [0.1, 0.15) is 0 Å². The number of hydrogen-bond donors (Lipinski definition) is 1. The summed E-state index contributed by atoms with van der Waals surface area (Å²) in [5, 5.41) is 3.36. The maximum absolute atomic E-state index is 12.7. The molecule has 4 nitrogen and oxygen atoms in total. The summed E-state index contributed by atoms with van der Waals surface area (Å²) >= 11 is 3.41. The van der Waals surface area contributed by atoms with Gasteiger partial charge in [0.05, 0.1) is 4.90 Å². The minimum Gasteiger partial charge on any atom is -0.316 e. The highest BCUT2D eigenvalue weighted by Gasteiger charge is 2.44. The monoisotopic (exact) mass is 394 g/mol. The highest BCUT2D eigenvalue weighted by Crippen LogP contribution is 2.38. The summed E-state index contributed by atoms with van der Waals surface area (Å²) in [6, 6.07) is 5.24. The van der Waals surface area contributed by atoms with E-state index >= 15 is 0 Å². The summed E-state index contributed by atoms with van der Waals surface area (Å²) in [4.78, 5) is 0.404.